The van der Waals surface area contributed by atoms with Gasteiger partial charge in [0.1, 0.15) is 0 Å². The van der Waals surface area contributed by atoms with Crippen LogP contribution in [0.25, 0.3) is 22.2 Å². The summed E-state index contributed by atoms with van der Waals surface area (Å²) in [5.41, 5.74) is 3.97. The second-order valence-electron chi connectivity index (χ2n) is 8.59. The molecule has 0 unspecified atom stereocenters. The molecule has 0 saturated carbocycles. The molecule has 2 aromatic carbocycles. The Morgan fingerprint density at radius 3 is 2.57 bits per heavy atom. The van der Waals surface area contributed by atoms with Crippen LogP contribution in [0.15, 0.2) is 54.6 Å². The average molecular weight is 404 g/mol. The summed E-state index contributed by atoms with van der Waals surface area (Å²) in [6.07, 6.45) is 2.02. The third-order valence-corrected chi connectivity index (χ3v) is 5.77. The average Bonchev–Trinajstić information content (AvgIpc) is 3.18. The Morgan fingerprint density at radius 1 is 1.07 bits per heavy atom. The van der Waals surface area contributed by atoms with Crippen molar-refractivity contribution in [3.63, 3.8) is 0 Å². The maximum atomic E-state index is 12.8. The van der Waals surface area contributed by atoms with Gasteiger partial charge in [-0.25, -0.2) is 0 Å². The third kappa shape index (κ3) is 4.56. The summed E-state index contributed by atoms with van der Waals surface area (Å²) < 4.78 is 0. The van der Waals surface area contributed by atoms with Crippen molar-refractivity contribution < 1.29 is 9.59 Å². The van der Waals surface area contributed by atoms with Crippen LogP contribution in [0.1, 0.15) is 33.1 Å². The van der Waals surface area contributed by atoms with Gasteiger partial charge in [-0.1, -0.05) is 44.2 Å². The van der Waals surface area contributed by atoms with Crippen molar-refractivity contribution >= 4 is 28.4 Å². The first-order valence-corrected chi connectivity index (χ1v) is 10.8. The molecule has 4 rings (SSSR count). The van der Waals surface area contributed by atoms with Crippen LogP contribution in [0, 0.1) is 11.8 Å². The molecule has 0 radical (unpaired) electrons. The van der Waals surface area contributed by atoms with Crippen molar-refractivity contribution in [3.05, 3.63) is 54.6 Å². The molecule has 0 bridgehead atoms. The molecule has 1 aliphatic rings. The largest absolute Gasteiger partial charge is 0.355 e. The molecule has 2 heterocycles. The van der Waals surface area contributed by atoms with Gasteiger partial charge in [-0.2, -0.15) is 0 Å². The number of benzene rings is 2. The Morgan fingerprint density at radius 2 is 1.83 bits per heavy atom. The van der Waals surface area contributed by atoms with E-state index in [-0.39, 0.29) is 17.7 Å². The molecule has 1 saturated heterocycles. The van der Waals surface area contributed by atoms with Crippen molar-refractivity contribution in [1.29, 1.82) is 0 Å². The fourth-order valence-electron chi connectivity index (χ4n) is 4.11. The van der Waals surface area contributed by atoms with Crippen molar-refractivity contribution in [1.82, 2.24) is 9.88 Å². The second-order valence-corrected chi connectivity index (χ2v) is 8.59. The number of carbonyl (C=O) groups excluding carboxylic acids is 2. The first kappa shape index (κ1) is 20.2. The minimum Gasteiger partial charge on any atom is -0.355 e. The summed E-state index contributed by atoms with van der Waals surface area (Å²) in [5, 5.41) is 4.24. The van der Waals surface area contributed by atoms with Crippen LogP contribution in [0.2, 0.25) is 0 Å². The molecule has 5 heteroatoms. The number of rotatable bonds is 5. The number of carbonyl (C=O) groups is 2. The van der Waals surface area contributed by atoms with Crippen molar-refractivity contribution in [2.24, 2.45) is 11.8 Å². The number of nitrogens with zero attached hydrogens (tertiary/aromatic N) is 1. The number of fused-ring (bicyclic) bond motifs is 1. The molecule has 0 aliphatic carbocycles. The van der Waals surface area contributed by atoms with Gasteiger partial charge in [0.15, 0.2) is 0 Å². The zero-order valence-corrected chi connectivity index (χ0v) is 17.7. The van der Waals surface area contributed by atoms with Crippen LogP contribution in [0.4, 0.5) is 5.69 Å². The smallest absolute Gasteiger partial charge is 0.227 e. The number of aromatic nitrogens is 1. The number of para-hydroxylation sites is 1. The molecule has 1 fully saturated rings. The van der Waals surface area contributed by atoms with Crippen LogP contribution >= 0.6 is 0 Å². The lowest BCUT2D eigenvalue weighted by molar-refractivity contribution is -0.135. The highest BCUT2D eigenvalue weighted by molar-refractivity contribution is 5.94. The van der Waals surface area contributed by atoms with Gasteiger partial charge in [-0.05, 0) is 43.0 Å². The van der Waals surface area contributed by atoms with Gasteiger partial charge in [0.25, 0.3) is 0 Å². The number of aromatic amines is 1. The topological polar surface area (TPSA) is 65.2 Å². The Kier molecular flexibility index (Phi) is 5.88. The van der Waals surface area contributed by atoms with Gasteiger partial charge in [-0.15, -0.1) is 0 Å². The number of hydrogen-bond acceptors (Lipinski definition) is 2. The van der Waals surface area contributed by atoms with Gasteiger partial charge < -0.3 is 15.2 Å². The van der Waals surface area contributed by atoms with E-state index in [1.54, 1.807) is 0 Å². The minimum absolute atomic E-state index is 0.0414. The van der Waals surface area contributed by atoms with E-state index in [1.165, 1.54) is 5.39 Å². The van der Waals surface area contributed by atoms with E-state index in [0.29, 0.717) is 25.4 Å². The lowest BCUT2D eigenvalue weighted by atomic mass is 9.95. The van der Waals surface area contributed by atoms with E-state index < -0.39 is 0 Å². The number of hydrogen-bond donors (Lipinski definition) is 2. The SMILES string of the molecule is CC(C)CC(=O)N1CCC(C(=O)Nc2cccc(-c3cc4ccccc4[nH]3)c2)CC1. The van der Waals surface area contributed by atoms with Crippen LogP contribution in [0.5, 0.6) is 0 Å². The molecule has 156 valence electrons. The predicted molar refractivity (Wildman–Crippen MR) is 121 cm³/mol. The third-order valence-electron chi connectivity index (χ3n) is 5.77. The van der Waals surface area contributed by atoms with Crippen LogP contribution in [-0.4, -0.2) is 34.8 Å². The Labute approximate surface area is 177 Å². The monoisotopic (exact) mass is 403 g/mol. The van der Waals surface area contributed by atoms with E-state index in [4.69, 9.17) is 0 Å². The fourth-order valence-corrected chi connectivity index (χ4v) is 4.11. The predicted octanol–water partition coefficient (Wildman–Crippen LogP) is 5.06. The van der Waals surface area contributed by atoms with E-state index in [1.807, 2.05) is 41.3 Å². The molecule has 5 nitrogen and oxygen atoms in total. The number of piperidine rings is 1. The van der Waals surface area contributed by atoms with Gasteiger partial charge in [0.2, 0.25) is 11.8 Å². The maximum absolute atomic E-state index is 12.8. The summed E-state index contributed by atoms with van der Waals surface area (Å²) in [5.74, 6) is 0.558. The first-order chi connectivity index (χ1) is 14.5. The zero-order valence-electron chi connectivity index (χ0n) is 17.7. The summed E-state index contributed by atoms with van der Waals surface area (Å²) in [7, 11) is 0. The van der Waals surface area contributed by atoms with Gasteiger partial charge in [-0.3, -0.25) is 9.59 Å². The van der Waals surface area contributed by atoms with Crippen molar-refractivity contribution in [2.45, 2.75) is 33.1 Å². The summed E-state index contributed by atoms with van der Waals surface area (Å²) in [4.78, 5) is 30.4. The quantitative estimate of drug-likeness (QED) is 0.625. The highest BCUT2D eigenvalue weighted by Gasteiger charge is 2.27. The molecule has 2 amide bonds. The van der Waals surface area contributed by atoms with Crippen molar-refractivity contribution in [3.8, 4) is 11.3 Å². The number of nitrogens with one attached hydrogen (secondary N) is 2. The number of H-pyrrole nitrogens is 1. The van der Waals surface area contributed by atoms with Gasteiger partial charge in [0, 0.05) is 53.3 Å². The van der Waals surface area contributed by atoms with Gasteiger partial charge in [0.05, 0.1) is 0 Å². The lowest BCUT2D eigenvalue weighted by Crippen LogP contribution is -2.41. The zero-order chi connectivity index (χ0) is 21.1. The Hall–Kier alpha value is -3.08. The summed E-state index contributed by atoms with van der Waals surface area (Å²) in [6, 6.07) is 18.2. The van der Waals surface area contributed by atoms with Crippen LogP contribution < -0.4 is 5.32 Å². The molecule has 30 heavy (non-hydrogen) atoms. The molecule has 2 N–H and O–H groups in total. The molecule has 1 aliphatic heterocycles. The van der Waals surface area contributed by atoms with Crippen LogP contribution in [-0.2, 0) is 9.59 Å². The second kappa shape index (κ2) is 8.74. The highest BCUT2D eigenvalue weighted by Crippen LogP contribution is 2.27. The van der Waals surface area contributed by atoms with E-state index >= 15 is 0 Å². The van der Waals surface area contributed by atoms with E-state index in [0.717, 1.165) is 35.3 Å². The molecular weight excluding hydrogens is 374 g/mol. The number of likely N-dealkylation sites (tertiary alicyclic amines) is 1. The molecule has 0 atom stereocenters. The molecule has 3 aromatic rings. The number of amides is 2. The summed E-state index contributed by atoms with van der Waals surface area (Å²) in [6.45, 7) is 5.45. The number of anilines is 1. The lowest BCUT2D eigenvalue weighted by Gasteiger charge is -2.31. The first-order valence-electron chi connectivity index (χ1n) is 10.8. The molecule has 0 spiro atoms. The van der Waals surface area contributed by atoms with Crippen LogP contribution in [0.3, 0.4) is 0 Å². The standard InChI is InChI=1S/C25H29N3O2/c1-17(2)14-24(29)28-12-10-18(11-13-28)25(30)26-21-8-5-7-19(15-21)23-16-20-6-3-4-9-22(20)27-23/h3-9,15-18,27H,10-14H2,1-2H3,(H,26,30). The Bertz CT molecular complexity index is 1010. The van der Waals surface area contributed by atoms with E-state index in [9.17, 15) is 9.59 Å². The Balaban J connectivity index is 1.38. The van der Waals surface area contributed by atoms with Gasteiger partial charge >= 0.3 is 0 Å². The molecule has 1 aromatic heterocycles. The minimum atomic E-state index is -0.0511. The summed E-state index contributed by atoms with van der Waals surface area (Å²) >= 11 is 0. The molecular formula is C25H29N3O2. The van der Waals surface area contributed by atoms with Crippen molar-refractivity contribution in [2.75, 3.05) is 18.4 Å². The fraction of sp³-hybridized carbons (Fsp3) is 0.360. The maximum Gasteiger partial charge on any atom is 0.227 e. The highest BCUT2D eigenvalue weighted by atomic mass is 16.2. The normalized spacial score (nSPS) is 15.0. The van der Waals surface area contributed by atoms with E-state index in [2.05, 4.69) is 42.3 Å².